The minimum Gasteiger partial charge on any atom is -0.393 e. The Hall–Kier alpha value is -1.07. The van der Waals surface area contributed by atoms with Crippen LogP contribution < -0.4 is 11.1 Å². The molecule has 6 heteroatoms. The number of nitrogens with zero attached hydrogens (tertiary/aromatic N) is 2. The summed E-state index contributed by atoms with van der Waals surface area (Å²) < 4.78 is 0. The quantitative estimate of drug-likeness (QED) is 0.716. The highest BCUT2D eigenvalue weighted by Gasteiger charge is 2.26. The molecule has 1 saturated carbocycles. The topological polar surface area (TPSA) is 84.1 Å². The molecule has 0 aromatic carbocycles. The molecule has 0 unspecified atom stereocenters. The Kier molecular flexibility index (Phi) is 2.93. The van der Waals surface area contributed by atoms with Gasteiger partial charge in [0.15, 0.2) is 0 Å². The van der Waals surface area contributed by atoms with Gasteiger partial charge in [-0.05, 0) is 18.8 Å². The molecule has 4 N–H and O–H groups in total. The minimum absolute atomic E-state index is 0.136. The smallest absolute Gasteiger partial charge is 0.222 e. The van der Waals surface area contributed by atoms with Gasteiger partial charge in [-0.25, -0.2) is 4.98 Å². The van der Waals surface area contributed by atoms with Crippen molar-refractivity contribution >= 4 is 23.4 Å². The van der Waals surface area contributed by atoms with Crippen LogP contribution in [0.2, 0.25) is 5.02 Å². The van der Waals surface area contributed by atoms with Crippen LogP contribution in [0.15, 0.2) is 6.20 Å². The second kappa shape index (κ2) is 4.20. The number of nitrogen functional groups attached to an aromatic ring is 1. The van der Waals surface area contributed by atoms with E-state index in [0.29, 0.717) is 16.8 Å². The molecule has 0 atom stereocenters. The lowest BCUT2D eigenvalue weighted by Gasteiger charge is -2.31. The van der Waals surface area contributed by atoms with Gasteiger partial charge in [0.1, 0.15) is 10.8 Å². The number of hydrogen-bond acceptors (Lipinski definition) is 5. The molecule has 1 aromatic heterocycles. The van der Waals surface area contributed by atoms with E-state index >= 15 is 0 Å². The molecule has 82 valence electrons. The van der Waals surface area contributed by atoms with E-state index in [2.05, 4.69) is 15.3 Å². The lowest BCUT2D eigenvalue weighted by Crippen LogP contribution is -2.33. The van der Waals surface area contributed by atoms with E-state index in [9.17, 15) is 0 Å². The van der Waals surface area contributed by atoms with Gasteiger partial charge in [0, 0.05) is 6.54 Å². The van der Waals surface area contributed by atoms with Gasteiger partial charge >= 0.3 is 0 Å². The molecule has 5 nitrogen and oxygen atoms in total. The molecule has 1 fully saturated rings. The van der Waals surface area contributed by atoms with E-state index in [1.807, 2.05) is 0 Å². The maximum absolute atomic E-state index is 9.11. The van der Waals surface area contributed by atoms with Crippen LogP contribution in [0.4, 0.5) is 11.8 Å². The zero-order valence-electron chi connectivity index (χ0n) is 8.15. The van der Waals surface area contributed by atoms with Crippen molar-refractivity contribution in [2.75, 3.05) is 17.6 Å². The van der Waals surface area contributed by atoms with Gasteiger partial charge in [-0.3, -0.25) is 0 Å². The number of rotatable bonds is 3. The molecule has 0 radical (unpaired) electrons. The molecule has 1 aliphatic rings. The van der Waals surface area contributed by atoms with E-state index in [0.717, 1.165) is 19.4 Å². The summed E-state index contributed by atoms with van der Waals surface area (Å²) in [6.07, 6.45) is 3.01. The van der Waals surface area contributed by atoms with Gasteiger partial charge in [0.05, 0.1) is 12.3 Å². The van der Waals surface area contributed by atoms with E-state index in [-0.39, 0.29) is 12.1 Å². The lowest BCUT2D eigenvalue weighted by atomic mass is 9.82. The average Bonchev–Trinajstić information content (AvgIpc) is 2.16. The number of hydrogen-bond donors (Lipinski definition) is 3. The van der Waals surface area contributed by atoms with Crippen molar-refractivity contribution in [2.45, 2.75) is 18.9 Å². The van der Waals surface area contributed by atoms with Crippen molar-refractivity contribution in [3.8, 4) is 0 Å². The van der Waals surface area contributed by atoms with Gasteiger partial charge in [-0.15, -0.1) is 0 Å². The molecular weight excluding hydrogens is 216 g/mol. The summed E-state index contributed by atoms with van der Waals surface area (Å²) >= 11 is 5.88. The fourth-order valence-corrected chi connectivity index (χ4v) is 1.77. The first-order valence-corrected chi connectivity index (χ1v) is 5.23. The first-order valence-electron chi connectivity index (χ1n) is 4.85. The third-order valence-electron chi connectivity index (χ3n) is 2.53. The molecular formula is C9H13ClN4O. The maximum atomic E-state index is 9.11. The highest BCUT2D eigenvalue weighted by atomic mass is 35.5. The molecule has 15 heavy (non-hydrogen) atoms. The maximum Gasteiger partial charge on any atom is 0.222 e. The van der Waals surface area contributed by atoms with E-state index in [1.165, 1.54) is 6.20 Å². The zero-order valence-corrected chi connectivity index (χ0v) is 8.91. The predicted octanol–water partition coefficient (Wildman–Crippen LogP) is 0.895. The Balaban J connectivity index is 1.90. The molecule has 1 aromatic rings. The summed E-state index contributed by atoms with van der Waals surface area (Å²) in [5, 5.41) is 12.7. The number of aliphatic hydroxyl groups is 1. The number of nitrogens with one attached hydrogen (secondary N) is 1. The Morgan fingerprint density at radius 3 is 3.00 bits per heavy atom. The standard InChI is InChI=1S/C9H13ClN4O/c10-7-4-13-9(11)14-8(7)12-3-5-1-6(15)2-5/h4-6,15H,1-3H2,(H3,11,12,13,14). The minimum atomic E-state index is -0.136. The van der Waals surface area contributed by atoms with Crippen LogP contribution in [0.3, 0.4) is 0 Å². The number of nitrogens with two attached hydrogens (primary N) is 1. The molecule has 1 aliphatic carbocycles. The normalized spacial score (nSPS) is 24.7. The number of aromatic nitrogens is 2. The van der Waals surface area contributed by atoms with Gasteiger partial charge in [-0.2, -0.15) is 4.98 Å². The van der Waals surface area contributed by atoms with Crippen LogP contribution in [0.1, 0.15) is 12.8 Å². The van der Waals surface area contributed by atoms with Crippen molar-refractivity contribution in [3.63, 3.8) is 0 Å². The fraction of sp³-hybridized carbons (Fsp3) is 0.556. The summed E-state index contributed by atoms with van der Waals surface area (Å²) in [5.74, 6) is 1.26. The summed E-state index contributed by atoms with van der Waals surface area (Å²) in [5.41, 5.74) is 5.44. The van der Waals surface area contributed by atoms with Crippen LogP contribution in [0, 0.1) is 5.92 Å². The highest BCUT2D eigenvalue weighted by Crippen LogP contribution is 2.28. The summed E-state index contributed by atoms with van der Waals surface area (Å²) in [7, 11) is 0. The molecule has 1 heterocycles. The number of halogens is 1. The van der Waals surface area contributed by atoms with Crippen LogP contribution in [0.25, 0.3) is 0 Å². The Morgan fingerprint density at radius 2 is 2.33 bits per heavy atom. The second-order valence-electron chi connectivity index (χ2n) is 3.80. The first-order chi connectivity index (χ1) is 7.15. The van der Waals surface area contributed by atoms with Gasteiger partial charge in [0.2, 0.25) is 5.95 Å². The van der Waals surface area contributed by atoms with Crippen molar-refractivity contribution < 1.29 is 5.11 Å². The molecule has 0 aliphatic heterocycles. The lowest BCUT2D eigenvalue weighted by molar-refractivity contribution is 0.0486. The molecule has 2 rings (SSSR count). The highest BCUT2D eigenvalue weighted by molar-refractivity contribution is 6.32. The third kappa shape index (κ3) is 2.49. The molecule has 0 bridgehead atoms. The first kappa shape index (κ1) is 10.4. The molecule has 0 amide bonds. The van der Waals surface area contributed by atoms with Crippen LogP contribution in [-0.2, 0) is 0 Å². The number of aliphatic hydroxyl groups excluding tert-OH is 1. The van der Waals surface area contributed by atoms with E-state index < -0.39 is 0 Å². The van der Waals surface area contributed by atoms with Gasteiger partial charge in [0.25, 0.3) is 0 Å². The van der Waals surface area contributed by atoms with Crippen molar-refractivity contribution in [3.05, 3.63) is 11.2 Å². The Bertz CT molecular complexity index is 354. The van der Waals surface area contributed by atoms with Crippen molar-refractivity contribution in [1.82, 2.24) is 9.97 Å². The fourth-order valence-electron chi connectivity index (χ4n) is 1.61. The summed E-state index contributed by atoms with van der Waals surface area (Å²) in [6, 6.07) is 0. The van der Waals surface area contributed by atoms with Gasteiger partial charge in [-0.1, -0.05) is 11.6 Å². The van der Waals surface area contributed by atoms with Crippen LogP contribution in [-0.4, -0.2) is 27.7 Å². The zero-order chi connectivity index (χ0) is 10.8. The Labute approximate surface area is 92.7 Å². The van der Waals surface area contributed by atoms with Gasteiger partial charge < -0.3 is 16.2 Å². The SMILES string of the molecule is Nc1ncc(Cl)c(NCC2CC(O)C2)n1. The summed E-state index contributed by atoms with van der Waals surface area (Å²) in [4.78, 5) is 7.75. The third-order valence-corrected chi connectivity index (χ3v) is 2.81. The molecule has 0 spiro atoms. The molecule has 0 saturated heterocycles. The number of anilines is 2. The largest absolute Gasteiger partial charge is 0.393 e. The van der Waals surface area contributed by atoms with Crippen molar-refractivity contribution in [1.29, 1.82) is 0 Å². The Morgan fingerprint density at radius 1 is 1.60 bits per heavy atom. The van der Waals surface area contributed by atoms with E-state index in [4.69, 9.17) is 22.4 Å². The van der Waals surface area contributed by atoms with Crippen LogP contribution >= 0.6 is 11.6 Å². The monoisotopic (exact) mass is 228 g/mol. The summed E-state index contributed by atoms with van der Waals surface area (Å²) in [6.45, 7) is 0.757. The average molecular weight is 229 g/mol. The second-order valence-corrected chi connectivity index (χ2v) is 4.20. The van der Waals surface area contributed by atoms with E-state index in [1.54, 1.807) is 0 Å². The van der Waals surface area contributed by atoms with Crippen molar-refractivity contribution in [2.24, 2.45) is 5.92 Å². The predicted molar refractivity (Wildman–Crippen MR) is 58.7 cm³/mol. The van der Waals surface area contributed by atoms with Crippen LogP contribution in [0.5, 0.6) is 0 Å².